The summed E-state index contributed by atoms with van der Waals surface area (Å²) < 4.78 is 2.01. The number of nitrogens with two attached hydrogens (primary N) is 1. The van der Waals surface area contributed by atoms with Gasteiger partial charge in [-0.25, -0.2) is 0 Å². The maximum atomic E-state index is 5.89. The summed E-state index contributed by atoms with van der Waals surface area (Å²) in [4.78, 5) is 0. The Balaban J connectivity index is 2.13. The van der Waals surface area contributed by atoms with Gasteiger partial charge in [0.1, 0.15) is 0 Å². The van der Waals surface area contributed by atoms with Crippen molar-refractivity contribution in [2.75, 3.05) is 6.54 Å². The Labute approximate surface area is 103 Å². The van der Waals surface area contributed by atoms with Gasteiger partial charge < -0.3 is 5.73 Å². The van der Waals surface area contributed by atoms with Gasteiger partial charge in [0, 0.05) is 11.9 Å². The highest BCUT2D eigenvalue weighted by Crippen LogP contribution is 2.23. The SMILES string of the molecule is NCC(c1ccsc1)n1ncc2ccccc21. The van der Waals surface area contributed by atoms with E-state index in [1.54, 1.807) is 11.3 Å². The normalized spacial score (nSPS) is 13.0. The second kappa shape index (κ2) is 4.31. The van der Waals surface area contributed by atoms with E-state index >= 15 is 0 Å². The van der Waals surface area contributed by atoms with Crippen molar-refractivity contribution < 1.29 is 0 Å². The Bertz CT molecular complexity index is 612. The van der Waals surface area contributed by atoms with E-state index in [9.17, 15) is 0 Å². The third-order valence-electron chi connectivity index (χ3n) is 2.95. The second-order valence-corrected chi connectivity index (χ2v) is 4.74. The van der Waals surface area contributed by atoms with Crippen molar-refractivity contribution in [2.24, 2.45) is 5.73 Å². The maximum Gasteiger partial charge on any atom is 0.0905 e. The minimum absolute atomic E-state index is 0.126. The van der Waals surface area contributed by atoms with Gasteiger partial charge in [-0.3, -0.25) is 4.68 Å². The minimum Gasteiger partial charge on any atom is -0.328 e. The van der Waals surface area contributed by atoms with Gasteiger partial charge in [-0.05, 0) is 28.5 Å². The molecule has 2 aromatic heterocycles. The lowest BCUT2D eigenvalue weighted by Crippen LogP contribution is -2.20. The van der Waals surface area contributed by atoms with Gasteiger partial charge in [-0.15, -0.1) is 0 Å². The van der Waals surface area contributed by atoms with Gasteiger partial charge >= 0.3 is 0 Å². The quantitative estimate of drug-likeness (QED) is 0.768. The molecule has 4 heteroatoms. The lowest BCUT2D eigenvalue weighted by molar-refractivity contribution is 0.550. The molecule has 3 aromatic rings. The molecule has 3 rings (SSSR count). The van der Waals surface area contributed by atoms with Crippen molar-refractivity contribution in [3.63, 3.8) is 0 Å². The molecule has 0 amide bonds. The molecule has 17 heavy (non-hydrogen) atoms. The van der Waals surface area contributed by atoms with Crippen molar-refractivity contribution in [1.82, 2.24) is 9.78 Å². The van der Waals surface area contributed by atoms with Crippen LogP contribution in [0.1, 0.15) is 11.6 Å². The van der Waals surface area contributed by atoms with Gasteiger partial charge in [0.2, 0.25) is 0 Å². The van der Waals surface area contributed by atoms with Crippen LogP contribution in [0.25, 0.3) is 10.9 Å². The molecule has 0 saturated heterocycles. The van der Waals surface area contributed by atoms with Crippen molar-refractivity contribution in [2.45, 2.75) is 6.04 Å². The predicted molar refractivity (Wildman–Crippen MR) is 71.2 cm³/mol. The second-order valence-electron chi connectivity index (χ2n) is 3.96. The zero-order valence-corrected chi connectivity index (χ0v) is 10.1. The average molecular weight is 243 g/mol. The highest BCUT2D eigenvalue weighted by atomic mass is 32.1. The Morgan fingerprint density at radius 1 is 1.29 bits per heavy atom. The van der Waals surface area contributed by atoms with E-state index < -0.39 is 0 Å². The topological polar surface area (TPSA) is 43.8 Å². The summed E-state index contributed by atoms with van der Waals surface area (Å²) in [5, 5.41) is 9.82. The zero-order chi connectivity index (χ0) is 11.7. The Morgan fingerprint density at radius 3 is 2.94 bits per heavy atom. The molecular weight excluding hydrogens is 230 g/mol. The van der Waals surface area contributed by atoms with Crippen LogP contribution in [0.2, 0.25) is 0 Å². The van der Waals surface area contributed by atoms with Crippen molar-refractivity contribution in [3.05, 3.63) is 52.9 Å². The van der Waals surface area contributed by atoms with E-state index in [0.717, 1.165) is 10.9 Å². The van der Waals surface area contributed by atoms with Gasteiger partial charge in [0.05, 0.1) is 17.8 Å². The minimum atomic E-state index is 0.126. The van der Waals surface area contributed by atoms with E-state index in [1.165, 1.54) is 5.56 Å². The molecule has 1 aromatic carbocycles. The molecule has 2 N–H and O–H groups in total. The monoisotopic (exact) mass is 243 g/mol. The molecule has 86 valence electrons. The molecule has 0 aliphatic carbocycles. The number of hydrogen-bond donors (Lipinski definition) is 1. The van der Waals surface area contributed by atoms with E-state index in [-0.39, 0.29) is 6.04 Å². The van der Waals surface area contributed by atoms with E-state index in [4.69, 9.17) is 5.73 Å². The molecule has 1 unspecified atom stereocenters. The van der Waals surface area contributed by atoms with Crippen molar-refractivity contribution >= 4 is 22.2 Å². The number of aromatic nitrogens is 2. The van der Waals surface area contributed by atoms with Crippen LogP contribution in [-0.4, -0.2) is 16.3 Å². The van der Waals surface area contributed by atoms with Crippen molar-refractivity contribution in [1.29, 1.82) is 0 Å². The summed E-state index contributed by atoms with van der Waals surface area (Å²) in [6.07, 6.45) is 1.89. The molecule has 0 spiro atoms. The van der Waals surface area contributed by atoms with Crippen LogP contribution in [0.5, 0.6) is 0 Å². The summed E-state index contributed by atoms with van der Waals surface area (Å²) in [5.74, 6) is 0. The van der Waals surface area contributed by atoms with Crippen LogP contribution in [0.15, 0.2) is 47.3 Å². The highest BCUT2D eigenvalue weighted by molar-refractivity contribution is 7.07. The molecule has 1 atom stereocenters. The molecular formula is C13H13N3S. The fourth-order valence-corrected chi connectivity index (χ4v) is 2.79. The summed E-state index contributed by atoms with van der Waals surface area (Å²) in [7, 11) is 0. The molecule has 0 fully saturated rings. The number of benzene rings is 1. The molecule has 0 radical (unpaired) electrons. The van der Waals surface area contributed by atoms with Crippen LogP contribution in [0.4, 0.5) is 0 Å². The summed E-state index contributed by atoms with van der Waals surface area (Å²) in [6.45, 7) is 0.558. The average Bonchev–Trinajstić information content (AvgIpc) is 3.01. The van der Waals surface area contributed by atoms with E-state index in [2.05, 4.69) is 34.1 Å². The van der Waals surface area contributed by atoms with E-state index in [1.807, 2.05) is 23.0 Å². The third kappa shape index (κ3) is 1.75. The first-order valence-electron chi connectivity index (χ1n) is 5.54. The smallest absolute Gasteiger partial charge is 0.0905 e. The highest BCUT2D eigenvalue weighted by Gasteiger charge is 2.15. The van der Waals surface area contributed by atoms with Crippen molar-refractivity contribution in [3.8, 4) is 0 Å². The fourth-order valence-electron chi connectivity index (χ4n) is 2.08. The lowest BCUT2D eigenvalue weighted by Gasteiger charge is -2.15. The van der Waals surface area contributed by atoms with Crippen LogP contribution in [0.3, 0.4) is 0 Å². The van der Waals surface area contributed by atoms with Gasteiger partial charge in [0.25, 0.3) is 0 Å². The number of para-hydroxylation sites is 1. The standard InChI is InChI=1S/C13H13N3S/c14-7-13(11-5-6-17-9-11)16-12-4-2-1-3-10(12)8-15-16/h1-6,8-9,13H,7,14H2. The largest absolute Gasteiger partial charge is 0.328 e. The zero-order valence-electron chi connectivity index (χ0n) is 9.28. The maximum absolute atomic E-state index is 5.89. The number of thiophene rings is 1. The lowest BCUT2D eigenvalue weighted by atomic mass is 10.1. The number of nitrogens with zero attached hydrogens (tertiary/aromatic N) is 2. The molecule has 0 bridgehead atoms. The van der Waals surface area contributed by atoms with Crippen LogP contribution >= 0.6 is 11.3 Å². The third-order valence-corrected chi connectivity index (χ3v) is 3.65. The summed E-state index contributed by atoms with van der Waals surface area (Å²) >= 11 is 1.69. The summed E-state index contributed by atoms with van der Waals surface area (Å²) in [5.41, 5.74) is 8.25. The molecule has 2 heterocycles. The molecule has 0 saturated carbocycles. The molecule has 0 aliphatic rings. The first kappa shape index (κ1) is 10.5. The summed E-state index contributed by atoms with van der Waals surface area (Å²) in [6, 6.07) is 10.4. The van der Waals surface area contributed by atoms with Crippen LogP contribution in [0, 0.1) is 0 Å². The van der Waals surface area contributed by atoms with Gasteiger partial charge in [-0.2, -0.15) is 16.4 Å². The van der Waals surface area contributed by atoms with Gasteiger partial charge in [-0.1, -0.05) is 18.2 Å². The van der Waals surface area contributed by atoms with Crippen LogP contribution < -0.4 is 5.73 Å². The molecule has 0 aliphatic heterocycles. The number of fused-ring (bicyclic) bond motifs is 1. The Kier molecular flexibility index (Phi) is 2.66. The predicted octanol–water partition coefficient (Wildman–Crippen LogP) is 2.65. The number of rotatable bonds is 3. The first-order chi connectivity index (χ1) is 8.40. The Hall–Kier alpha value is -1.65. The van der Waals surface area contributed by atoms with Crippen LogP contribution in [-0.2, 0) is 0 Å². The van der Waals surface area contributed by atoms with Gasteiger partial charge in [0.15, 0.2) is 0 Å². The fraction of sp³-hybridized carbons (Fsp3) is 0.154. The molecule has 3 nitrogen and oxygen atoms in total. The van der Waals surface area contributed by atoms with E-state index in [0.29, 0.717) is 6.54 Å². The first-order valence-corrected chi connectivity index (χ1v) is 6.49. The number of hydrogen-bond acceptors (Lipinski definition) is 3. The Morgan fingerprint density at radius 2 is 2.18 bits per heavy atom.